The lowest BCUT2D eigenvalue weighted by atomic mass is 10.1. The number of carbonyl (C=O) groups is 1. The zero-order valence-electron chi connectivity index (χ0n) is 11.3. The van der Waals surface area contributed by atoms with Crippen molar-refractivity contribution in [2.24, 2.45) is 0 Å². The highest BCUT2D eigenvalue weighted by Gasteiger charge is 2.33. The van der Waals surface area contributed by atoms with Crippen molar-refractivity contribution in [2.75, 3.05) is 15.8 Å². The maximum Gasteiger partial charge on any atom is 0.337 e. The van der Waals surface area contributed by atoms with Crippen molar-refractivity contribution in [1.29, 1.82) is 0 Å². The second-order valence-corrected chi connectivity index (χ2v) is 8.06. The van der Waals surface area contributed by atoms with E-state index in [0.29, 0.717) is 0 Å². The van der Waals surface area contributed by atoms with Gasteiger partial charge in [-0.3, -0.25) is 8.86 Å². The smallest absolute Gasteiger partial charge is 0.337 e. The third kappa shape index (κ3) is 3.62. The molecule has 0 saturated carbocycles. The number of benzene rings is 1. The van der Waals surface area contributed by atoms with Crippen LogP contribution in [0.25, 0.3) is 0 Å². The van der Waals surface area contributed by atoms with Gasteiger partial charge in [-0.2, -0.15) is 0 Å². The number of sulfone groups is 1. The highest BCUT2D eigenvalue weighted by atomic mass is 32.2. The summed E-state index contributed by atoms with van der Waals surface area (Å²) in [6, 6.07) is 2.15. The first-order valence-electron chi connectivity index (χ1n) is 6.35. The number of nitrogens with zero attached hydrogens (tertiary/aromatic N) is 1. The molecule has 7 nitrogen and oxygen atoms in total. The first-order chi connectivity index (χ1) is 10.2. The number of carboxylic acids is 1. The van der Waals surface area contributed by atoms with Crippen molar-refractivity contribution in [2.45, 2.75) is 18.9 Å². The lowest BCUT2D eigenvalue weighted by molar-refractivity contribution is 0.0697. The fourth-order valence-electron chi connectivity index (χ4n) is 2.39. The van der Waals surface area contributed by atoms with Crippen LogP contribution in [-0.4, -0.2) is 45.8 Å². The summed E-state index contributed by atoms with van der Waals surface area (Å²) in [5, 5.41) is 9.14. The van der Waals surface area contributed by atoms with E-state index < -0.39 is 38.9 Å². The molecule has 2 rings (SSSR count). The van der Waals surface area contributed by atoms with Gasteiger partial charge in [-0.1, -0.05) is 0 Å². The fourth-order valence-corrected chi connectivity index (χ4v) is 4.64. The van der Waals surface area contributed by atoms with E-state index in [9.17, 15) is 26.4 Å². The average Bonchev–Trinajstić information content (AvgIpc) is 2.40. The fraction of sp³-hybridized carbons (Fsp3) is 0.417. The standard InChI is InChI=1S/C12H14FNO6S2/c13-8-1-2-10(12(15)16)11(7-8)14(21(17)18)9-3-5-22(19,20)6-4-9/h1-2,7,9H,3-6H2,(H,15,16)(H,17,18). The molecule has 1 heterocycles. The summed E-state index contributed by atoms with van der Waals surface area (Å²) in [6.45, 7) is 0. The first kappa shape index (κ1) is 16.8. The van der Waals surface area contributed by atoms with Gasteiger partial charge >= 0.3 is 5.97 Å². The van der Waals surface area contributed by atoms with Crippen LogP contribution in [0.2, 0.25) is 0 Å². The number of anilines is 1. The molecule has 1 saturated heterocycles. The molecule has 0 radical (unpaired) electrons. The van der Waals surface area contributed by atoms with Crippen molar-refractivity contribution in [3.8, 4) is 0 Å². The number of hydrogen-bond acceptors (Lipinski definition) is 4. The van der Waals surface area contributed by atoms with Crippen molar-refractivity contribution < 1.29 is 31.5 Å². The summed E-state index contributed by atoms with van der Waals surface area (Å²) < 4.78 is 58.3. The third-order valence-electron chi connectivity index (χ3n) is 3.45. The minimum absolute atomic E-state index is 0.0736. The molecular formula is C12H14FNO6S2. The predicted octanol–water partition coefficient (Wildman–Crippen LogP) is 1.04. The molecule has 1 unspecified atom stereocenters. The summed E-state index contributed by atoms with van der Waals surface area (Å²) in [4.78, 5) is 11.2. The normalized spacial score (nSPS) is 19.5. The van der Waals surface area contributed by atoms with Crippen LogP contribution in [0.1, 0.15) is 23.2 Å². The lowest BCUT2D eigenvalue weighted by Crippen LogP contribution is -2.43. The Morgan fingerprint density at radius 2 is 1.91 bits per heavy atom. The second-order valence-electron chi connectivity index (χ2n) is 4.91. The van der Waals surface area contributed by atoms with Gasteiger partial charge in [0, 0.05) is 6.04 Å². The van der Waals surface area contributed by atoms with Gasteiger partial charge in [0.1, 0.15) is 15.7 Å². The van der Waals surface area contributed by atoms with Gasteiger partial charge in [0.15, 0.2) is 0 Å². The Kier molecular flexibility index (Phi) is 4.83. The van der Waals surface area contributed by atoms with Crippen molar-refractivity contribution in [1.82, 2.24) is 0 Å². The lowest BCUT2D eigenvalue weighted by Gasteiger charge is -2.33. The average molecular weight is 351 g/mol. The number of rotatable bonds is 4. The number of hydrogen-bond donors (Lipinski definition) is 2. The van der Waals surface area contributed by atoms with E-state index >= 15 is 0 Å². The maximum absolute atomic E-state index is 13.4. The van der Waals surface area contributed by atoms with Gasteiger partial charge in [0.05, 0.1) is 22.8 Å². The Morgan fingerprint density at radius 1 is 1.32 bits per heavy atom. The topological polar surface area (TPSA) is 112 Å². The molecule has 1 fully saturated rings. The van der Waals surface area contributed by atoms with Crippen LogP contribution in [0, 0.1) is 5.82 Å². The Labute approximate surface area is 129 Å². The van der Waals surface area contributed by atoms with Gasteiger partial charge in [0.2, 0.25) is 0 Å². The summed E-state index contributed by atoms with van der Waals surface area (Å²) >= 11 is -2.60. The Balaban J connectivity index is 2.43. The summed E-state index contributed by atoms with van der Waals surface area (Å²) in [5.74, 6) is -2.45. The van der Waals surface area contributed by atoms with E-state index in [1.807, 2.05) is 0 Å². The van der Waals surface area contributed by atoms with Crippen LogP contribution < -0.4 is 4.31 Å². The van der Waals surface area contributed by atoms with Crippen LogP contribution in [0.5, 0.6) is 0 Å². The third-order valence-corrected chi connectivity index (χ3v) is 6.00. The van der Waals surface area contributed by atoms with Crippen LogP contribution in [0.15, 0.2) is 18.2 Å². The molecule has 0 aliphatic carbocycles. The molecule has 1 aromatic carbocycles. The van der Waals surface area contributed by atoms with E-state index in [4.69, 9.17) is 5.11 Å². The van der Waals surface area contributed by atoms with Crippen LogP contribution >= 0.6 is 0 Å². The molecule has 0 amide bonds. The van der Waals surface area contributed by atoms with Crippen LogP contribution in [0.4, 0.5) is 10.1 Å². The molecule has 0 spiro atoms. The van der Waals surface area contributed by atoms with E-state index in [2.05, 4.69) is 0 Å². The maximum atomic E-state index is 13.4. The van der Waals surface area contributed by atoms with Crippen LogP contribution in [0.3, 0.4) is 0 Å². The zero-order valence-corrected chi connectivity index (χ0v) is 12.9. The summed E-state index contributed by atoms with van der Waals surface area (Å²) in [6.07, 6.45) is 0.147. The van der Waals surface area contributed by atoms with Gasteiger partial charge in [-0.05, 0) is 31.0 Å². The van der Waals surface area contributed by atoms with Crippen LogP contribution in [-0.2, 0) is 21.1 Å². The molecule has 22 heavy (non-hydrogen) atoms. The quantitative estimate of drug-likeness (QED) is 0.784. The molecule has 1 aliphatic rings. The van der Waals surface area contributed by atoms with Crippen molar-refractivity contribution in [3.05, 3.63) is 29.6 Å². The summed E-state index contributed by atoms with van der Waals surface area (Å²) in [7, 11) is -3.19. The number of aromatic carboxylic acids is 1. The molecule has 122 valence electrons. The molecule has 0 aromatic heterocycles. The highest BCUT2D eigenvalue weighted by molar-refractivity contribution is 7.91. The molecule has 1 atom stereocenters. The first-order valence-corrected chi connectivity index (χ1v) is 9.23. The van der Waals surface area contributed by atoms with E-state index in [0.717, 1.165) is 22.5 Å². The summed E-state index contributed by atoms with van der Waals surface area (Å²) in [5.41, 5.74) is -0.560. The number of carboxylic acid groups (broad SMARTS) is 1. The van der Waals surface area contributed by atoms with Gasteiger partial charge in [0.25, 0.3) is 11.3 Å². The van der Waals surface area contributed by atoms with E-state index in [-0.39, 0.29) is 35.6 Å². The Bertz CT molecular complexity index is 706. The van der Waals surface area contributed by atoms with Gasteiger partial charge in [-0.15, -0.1) is 0 Å². The minimum Gasteiger partial charge on any atom is -0.478 e. The van der Waals surface area contributed by atoms with Crippen molar-refractivity contribution in [3.63, 3.8) is 0 Å². The molecular weight excluding hydrogens is 337 g/mol. The molecule has 0 bridgehead atoms. The van der Waals surface area contributed by atoms with E-state index in [1.54, 1.807) is 0 Å². The highest BCUT2D eigenvalue weighted by Crippen LogP contribution is 2.29. The van der Waals surface area contributed by atoms with E-state index in [1.165, 1.54) is 0 Å². The largest absolute Gasteiger partial charge is 0.478 e. The van der Waals surface area contributed by atoms with Gasteiger partial charge < -0.3 is 5.11 Å². The molecule has 10 heteroatoms. The Morgan fingerprint density at radius 3 is 2.41 bits per heavy atom. The monoisotopic (exact) mass is 351 g/mol. The zero-order chi connectivity index (χ0) is 16.5. The van der Waals surface area contributed by atoms with Gasteiger partial charge in [-0.25, -0.2) is 21.8 Å². The second kappa shape index (κ2) is 6.31. The predicted molar refractivity (Wildman–Crippen MR) is 78.3 cm³/mol. The van der Waals surface area contributed by atoms with Crippen molar-refractivity contribution >= 4 is 32.8 Å². The molecule has 2 N–H and O–H groups in total. The molecule has 1 aliphatic heterocycles. The SMILES string of the molecule is O=C(O)c1ccc(F)cc1N(C1CCS(=O)(=O)CC1)S(=O)O. The molecule has 1 aromatic rings. The Hall–Kier alpha value is -1.52. The minimum atomic E-state index is -3.19. The number of halogens is 1.